The summed E-state index contributed by atoms with van der Waals surface area (Å²) in [4.78, 5) is 12.8. The first-order chi connectivity index (χ1) is 14.6. The number of hydrogen-bond acceptors (Lipinski definition) is 2. The second-order valence-corrected chi connectivity index (χ2v) is 12.8. The average Bonchev–Trinajstić information content (AvgIpc) is 3.42. The number of aliphatic hydroxyl groups excluding tert-OH is 1. The van der Waals surface area contributed by atoms with Crippen molar-refractivity contribution in [2.45, 2.75) is 105 Å². The fraction of sp³-hybridized carbons (Fsp3) is 0.828. The lowest BCUT2D eigenvalue weighted by atomic mass is 9.45. The summed E-state index contributed by atoms with van der Waals surface area (Å²) in [7, 11) is 0. The van der Waals surface area contributed by atoms with Gasteiger partial charge in [0.25, 0.3) is 0 Å². The van der Waals surface area contributed by atoms with Crippen LogP contribution in [0.5, 0.6) is 0 Å². The molecule has 2 nitrogen and oxygen atoms in total. The average molecular weight is 425 g/mol. The lowest BCUT2D eigenvalue weighted by Crippen LogP contribution is -2.57. The third-order valence-electron chi connectivity index (χ3n) is 11.2. The summed E-state index contributed by atoms with van der Waals surface area (Å²) in [5.41, 5.74) is 2.93. The van der Waals surface area contributed by atoms with E-state index in [2.05, 4.69) is 46.8 Å². The Morgan fingerprint density at radius 3 is 2.58 bits per heavy atom. The highest BCUT2D eigenvalue weighted by atomic mass is 16.3. The molecule has 0 aromatic heterocycles. The van der Waals surface area contributed by atoms with E-state index in [-0.39, 0.29) is 10.8 Å². The fourth-order valence-corrected chi connectivity index (χ4v) is 9.39. The Bertz CT molecular complexity index is 813. The van der Waals surface area contributed by atoms with Crippen molar-refractivity contribution in [3.05, 3.63) is 23.3 Å². The number of carbonyl (C=O) groups excluding carboxylic acids is 1. The standard InChI is InChI=1S/C29H44O2/c1-18(2)7-6-8-19(3)21-10-11-22-20-9-12-24-28(5,23(20)13-14-27(21,22)4)25(30)17-26(31)29(24)15-16-29/h7,12,19-23,25,30H,6,8-11,13-17H2,1-5H3/t19-,20+,21-,22+,23+,25+,27-,28-/m1/s1. The van der Waals surface area contributed by atoms with Gasteiger partial charge in [-0.2, -0.15) is 0 Å². The minimum atomic E-state index is -0.477. The van der Waals surface area contributed by atoms with Gasteiger partial charge in [0, 0.05) is 11.8 Å². The predicted molar refractivity (Wildman–Crippen MR) is 126 cm³/mol. The Morgan fingerprint density at radius 2 is 1.90 bits per heavy atom. The molecule has 0 aliphatic heterocycles. The van der Waals surface area contributed by atoms with Gasteiger partial charge in [-0.25, -0.2) is 0 Å². The van der Waals surface area contributed by atoms with Crippen molar-refractivity contribution in [3.63, 3.8) is 0 Å². The number of allylic oxidation sites excluding steroid dienone is 3. The van der Waals surface area contributed by atoms with Crippen molar-refractivity contribution in [3.8, 4) is 0 Å². The summed E-state index contributed by atoms with van der Waals surface area (Å²) < 4.78 is 0. The van der Waals surface area contributed by atoms with Crippen LogP contribution in [-0.2, 0) is 4.79 Å². The van der Waals surface area contributed by atoms with Gasteiger partial charge in [-0.05, 0) is 107 Å². The van der Waals surface area contributed by atoms with Gasteiger partial charge in [-0.1, -0.05) is 44.1 Å². The number of hydrogen-bond donors (Lipinski definition) is 1. The Balaban J connectivity index is 1.40. The van der Waals surface area contributed by atoms with E-state index in [1.54, 1.807) is 0 Å². The van der Waals surface area contributed by atoms with Crippen molar-refractivity contribution >= 4 is 5.78 Å². The van der Waals surface area contributed by atoms with Gasteiger partial charge in [0.05, 0.1) is 11.5 Å². The number of aliphatic hydroxyl groups is 1. The molecule has 0 aromatic carbocycles. The summed E-state index contributed by atoms with van der Waals surface area (Å²) in [5.74, 6) is 4.01. The first kappa shape index (κ1) is 21.9. The second-order valence-electron chi connectivity index (χ2n) is 12.8. The van der Waals surface area contributed by atoms with Gasteiger partial charge in [0.2, 0.25) is 0 Å². The maximum atomic E-state index is 12.8. The van der Waals surface area contributed by atoms with E-state index in [1.165, 1.54) is 49.7 Å². The molecule has 1 N–H and O–H groups in total. The smallest absolute Gasteiger partial charge is 0.145 e. The summed E-state index contributed by atoms with van der Waals surface area (Å²) >= 11 is 0. The lowest BCUT2D eigenvalue weighted by Gasteiger charge is -2.60. The molecule has 0 amide bonds. The monoisotopic (exact) mass is 424 g/mol. The van der Waals surface area contributed by atoms with E-state index < -0.39 is 6.10 Å². The maximum absolute atomic E-state index is 12.8. The van der Waals surface area contributed by atoms with Gasteiger partial charge < -0.3 is 5.11 Å². The van der Waals surface area contributed by atoms with Gasteiger partial charge in [0.15, 0.2) is 0 Å². The molecule has 4 fully saturated rings. The van der Waals surface area contributed by atoms with Crippen LogP contribution in [0, 0.1) is 45.8 Å². The maximum Gasteiger partial charge on any atom is 0.145 e. The molecule has 0 saturated heterocycles. The largest absolute Gasteiger partial charge is 0.392 e. The van der Waals surface area contributed by atoms with E-state index in [9.17, 15) is 9.90 Å². The van der Waals surface area contributed by atoms with E-state index in [4.69, 9.17) is 0 Å². The number of Topliss-reactive ketones (excluding diaryl/α,β-unsaturated/α-hetero) is 1. The summed E-state index contributed by atoms with van der Waals surface area (Å²) in [6.45, 7) is 11.9. The quantitative estimate of drug-likeness (QED) is 0.500. The lowest BCUT2D eigenvalue weighted by molar-refractivity contribution is -0.140. The van der Waals surface area contributed by atoms with Crippen molar-refractivity contribution in [2.75, 3.05) is 0 Å². The van der Waals surface area contributed by atoms with E-state index in [0.29, 0.717) is 29.5 Å². The van der Waals surface area contributed by atoms with E-state index in [1.807, 2.05) is 0 Å². The Kier molecular flexibility index (Phi) is 5.17. The molecule has 0 heterocycles. The van der Waals surface area contributed by atoms with Crippen LogP contribution in [0.4, 0.5) is 0 Å². The van der Waals surface area contributed by atoms with Gasteiger partial charge >= 0.3 is 0 Å². The molecule has 5 aliphatic carbocycles. The van der Waals surface area contributed by atoms with Crippen LogP contribution in [0.3, 0.4) is 0 Å². The number of carbonyl (C=O) groups is 1. The van der Waals surface area contributed by atoms with Gasteiger partial charge in [-0.15, -0.1) is 0 Å². The molecule has 5 rings (SSSR count). The first-order valence-electron chi connectivity index (χ1n) is 13.2. The molecule has 0 bridgehead atoms. The predicted octanol–water partition coefficient (Wildman–Crippen LogP) is 6.88. The zero-order valence-electron chi connectivity index (χ0n) is 20.5. The molecule has 5 aliphatic rings. The normalized spacial score (nSPS) is 45.9. The number of rotatable bonds is 4. The zero-order chi connectivity index (χ0) is 22.2. The number of ketones is 1. The molecule has 0 radical (unpaired) electrons. The molecule has 8 atom stereocenters. The molecule has 1 spiro atoms. The highest BCUT2D eigenvalue weighted by Gasteiger charge is 2.68. The van der Waals surface area contributed by atoms with Crippen LogP contribution in [0.1, 0.15) is 98.8 Å². The van der Waals surface area contributed by atoms with Gasteiger partial charge in [0.1, 0.15) is 5.78 Å². The molecule has 172 valence electrons. The molecule has 0 aromatic rings. The Morgan fingerprint density at radius 1 is 1.16 bits per heavy atom. The van der Waals surface area contributed by atoms with E-state index in [0.717, 1.165) is 37.0 Å². The SMILES string of the molecule is CC(C)=CCC[C@@H](C)[C@H]1CC[C@H]2[C@@H]3CC=C4C5(CC5)C(=O)C[C@H](O)[C@]4(C)[C@H]3CC[C@]12C. The molecule has 4 saturated carbocycles. The van der Waals surface area contributed by atoms with Crippen molar-refractivity contribution in [1.29, 1.82) is 0 Å². The minimum absolute atomic E-state index is 0.165. The summed E-state index contributed by atoms with van der Waals surface area (Å²) in [6, 6.07) is 0. The fourth-order valence-electron chi connectivity index (χ4n) is 9.39. The molecule has 31 heavy (non-hydrogen) atoms. The van der Waals surface area contributed by atoms with Crippen LogP contribution in [0.15, 0.2) is 23.3 Å². The third kappa shape index (κ3) is 3.02. The Hall–Kier alpha value is -0.890. The summed E-state index contributed by atoms with van der Waals surface area (Å²) in [6.07, 6.45) is 15.9. The van der Waals surface area contributed by atoms with Gasteiger partial charge in [-0.3, -0.25) is 4.79 Å². The molecule has 2 heteroatoms. The highest BCUT2D eigenvalue weighted by molar-refractivity contribution is 5.93. The van der Waals surface area contributed by atoms with E-state index >= 15 is 0 Å². The molecule has 0 unspecified atom stereocenters. The summed E-state index contributed by atoms with van der Waals surface area (Å²) in [5, 5.41) is 11.3. The molecular weight excluding hydrogens is 380 g/mol. The highest BCUT2D eigenvalue weighted by Crippen LogP contribution is 2.72. The third-order valence-corrected chi connectivity index (χ3v) is 11.2. The van der Waals surface area contributed by atoms with Crippen LogP contribution < -0.4 is 0 Å². The van der Waals surface area contributed by atoms with Crippen LogP contribution in [0.25, 0.3) is 0 Å². The Labute approximate surface area is 190 Å². The number of fused-ring (bicyclic) bond motifs is 6. The van der Waals surface area contributed by atoms with Crippen molar-refractivity contribution < 1.29 is 9.90 Å². The van der Waals surface area contributed by atoms with Crippen LogP contribution in [0.2, 0.25) is 0 Å². The topological polar surface area (TPSA) is 37.3 Å². The van der Waals surface area contributed by atoms with Crippen molar-refractivity contribution in [1.82, 2.24) is 0 Å². The zero-order valence-corrected chi connectivity index (χ0v) is 20.5. The first-order valence-corrected chi connectivity index (χ1v) is 13.2. The minimum Gasteiger partial charge on any atom is -0.392 e. The molecular formula is C29H44O2. The van der Waals surface area contributed by atoms with Crippen molar-refractivity contribution in [2.24, 2.45) is 45.8 Å². The van der Waals surface area contributed by atoms with Crippen LogP contribution in [-0.4, -0.2) is 17.0 Å². The second kappa shape index (κ2) is 7.31. The van der Waals surface area contributed by atoms with Crippen LogP contribution >= 0.6 is 0 Å².